The van der Waals surface area contributed by atoms with Gasteiger partial charge in [-0.2, -0.15) is 0 Å². The van der Waals surface area contributed by atoms with Gasteiger partial charge >= 0.3 is 0 Å². The van der Waals surface area contributed by atoms with Gasteiger partial charge in [0, 0.05) is 24.6 Å². The number of carbonyl (C=O) groups excluding carboxylic acids is 1. The minimum absolute atomic E-state index is 0.123. The zero-order chi connectivity index (χ0) is 13.2. The van der Waals surface area contributed by atoms with Gasteiger partial charge in [-0.05, 0) is 32.1 Å². The molecule has 2 atom stereocenters. The van der Waals surface area contributed by atoms with E-state index >= 15 is 0 Å². The van der Waals surface area contributed by atoms with Crippen LogP contribution in [0.25, 0.3) is 0 Å². The highest BCUT2D eigenvalue weighted by molar-refractivity contribution is 5.78. The van der Waals surface area contributed by atoms with Crippen molar-refractivity contribution in [3.63, 3.8) is 0 Å². The molecular weight excluding hydrogens is 228 g/mol. The lowest BCUT2D eigenvalue weighted by Gasteiger charge is -2.51. The van der Waals surface area contributed by atoms with Crippen LogP contribution in [0.2, 0.25) is 0 Å². The van der Waals surface area contributed by atoms with Gasteiger partial charge in [-0.3, -0.25) is 4.79 Å². The summed E-state index contributed by atoms with van der Waals surface area (Å²) in [5, 5.41) is 6.33. The normalized spacial score (nSPS) is 29.7. The number of amides is 1. The molecule has 4 nitrogen and oxygen atoms in total. The molecule has 4 heteroatoms. The summed E-state index contributed by atoms with van der Waals surface area (Å²) in [5.74, 6) is 0.869. The van der Waals surface area contributed by atoms with Crippen molar-refractivity contribution in [2.24, 2.45) is 11.3 Å². The smallest absolute Gasteiger partial charge is 0.233 e. The number of ether oxygens (including phenoxy) is 1. The van der Waals surface area contributed by atoms with E-state index in [4.69, 9.17) is 4.74 Å². The first-order chi connectivity index (χ1) is 8.54. The zero-order valence-corrected chi connectivity index (χ0v) is 11.8. The molecule has 0 aliphatic heterocycles. The molecule has 0 saturated heterocycles. The molecular formula is C14H26N2O2. The summed E-state index contributed by atoms with van der Waals surface area (Å²) >= 11 is 0. The highest BCUT2D eigenvalue weighted by atomic mass is 16.5. The molecule has 2 aliphatic carbocycles. The topological polar surface area (TPSA) is 50.4 Å². The Balaban J connectivity index is 1.63. The monoisotopic (exact) mass is 254 g/mol. The second kappa shape index (κ2) is 5.57. The Kier molecular flexibility index (Phi) is 4.28. The molecule has 2 unspecified atom stereocenters. The quantitative estimate of drug-likeness (QED) is 0.720. The summed E-state index contributed by atoms with van der Waals surface area (Å²) in [4.78, 5) is 11.6. The van der Waals surface area contributed by atoms with Crippen molar-refractivity contribution in [3.8, 4) is 0 Å². The van der Waals surface area contributed by atoms with Crippen LogP contribution < -0.4 is 10.6 Å². The van der Waals surface area contributed by atoms with Gasteiger partial charge in [0.1, 0.15) is 0 Å². The Morgan fingerprint density at radius 1 is 1.39 bits per heavy atom. The van der Waals surface area contributed by atoms with Gasteiger partial charge in [-0.25, -0.2) is 0 Å². The summed E-state index contributed by atoms with van der Waals surface area (Å²) in [6, 6.07) is 0.390. The van der Waals surface area contributed by atoms with Crippen LogP contribution in [-0.2, 0) is 9.53 Å². The van der Waals surface area contributed by atoms with E-state index in [-0.39, 0.29) is 11.3 Å². The molecule has 0 heterocycles. The molecule has 0 spiro atoms. The van der Waals surface area contributed by atoms with Crippen LogP contribution in [0.3, 0.4) is 0 Å². The molecule has 2 rings (SSSR count). The van der Waals surface area contributed by atoms with Crippen molar-refractivity contribution >= 4 is 5.91 Å². The highest BCUT2D eigenvalue weighted by Crippen LogP contribution is 2.42. The van der Waals surface area contributed by atoms with Crippen molar-refractivity contribution in [1.82, 2.24) is 10.6 Å². The van der Waals surface area contributed by atoms with Crippen molar-refractivity contribution < 1.29 is 9.53 Å². The summed E-state index contributed by atoms with van der Waals surface area (Å²) in [5.41, 5.74) is 0.132. The third-order valence-electron chi connectivity index (χ3n) is 4.34. The standard InChI is InChI=1S/C14H26N2O2/c1-4-18-12-7-11(14(12,2)3)15-9-13(17)16-8-10-5-6-10/h10-12,15H,4-9H2,1-3H3,(H,16,17). The van der Waals surface area contributed by atoms with Gasteiger partial charge in [0.2, 0.25) is 5.91 Å². The third kappa shape index (κ3) is 3.23. The second-order valence-corrected chi connectivity index (χ2v) is 6.18. The Hall–Kier alpha value is -0.610. The molecule has 0 aromatic carbocycles. The van der Waals surface area contributed by atoms with Crippen LogP contribution in [0.4, 0.5) is 0 Å². The molecule has 2 N–H and O–H groups in total. The van der Waals surface area contributed by atoms with E-state index in [0.717, 1.165) is 25.5 Å². The molecule has 2 fully saturated rings. The number of nitrogens with one attached hydrogen (secondary N) is 2. The lowest BCUT2D eigenvalue weighted by atomic mass is 9.64. The molecule has 2 saturated carbocycles. The van der Waals surface area contributed by atoms with E-state index in [2.05, 4.69) is 24.5 Å². The van der Waals surface area contributed by atoms with Crippen LogP contribution >= 0.6 is 0 Å². The predicted octanol–water partition coefficient (Wildman–Crippen LogP) is 1.31. The Bertz CT molecular complexity index is 300. The van der Waals surface area contributed by atoms with Crippen molar-refractivity contribution in [2.75, 3.05) is 19.7 Å². The summed E-state index contributed by atoms with van der Waals surface area (Å²) < 4.78 is 5.68. The van der Waals surface area contributed by atoms with E-state index in [0.29, 0.717) is 18.7 Å². The fourth-order valence-corrected chi connectivity index (χ4v) is 2.57. The van der Waals surface area contributed by atoms with Crippen molar-refractivity contribution in [3.05, 3.63) is 0 Å². The van der Waals surface area contributed by atoms with E-state index in [9.17, 15) is 4.79 Å². The van der Waals surface area contributed by atoms with Crippen LogP contribution in [0.15, 0.2) is 0 Å². The van der Waals surface area contributed by atoms with Crippen LogP contribution in [0, 0.1) is 11.3 Å². The van der Waals surface area contributed by atoms with Crippen LogP contribution in [0.1, 0.15) is 40.0 Å². The first kappa shape index (κ1) is 13.8. The molecule has 104 valence electrons. The minimum atomic E-state index is 0.123. The number of hydrogen-bond donors (Lipinski definition) is 2. The molecule has 18 heavy (non-hydrogen) atoms. The lowest BCUT2D eigenvalue weighted by Crippen LogP contribution is -2.62. The first-order valence-corrected chi connectivity index (χ1v) is 7.15. The fraction of sp³-hybridized carbons (Fsp3) is 0.929. The van der Waals surface area contributed by atoms with Crippen molar-refractivity contribution in [1.29, 1.82) is 0 Å². The fourth-order valence-electron chi connectivity index (χ4n) is 2.57. The average Bonchev–Trinajstić information content (AvgIpc) is 3.14. The van der Waals surface area contributed by atoms with Gasteiger partial charge in [0.05, 0.1) is 12.6 Å². The summed E-state index contributed by atoms with van der Waals surface area (Å²) in [7, 11) is 0. The molecule has 0 bridgehead atoms. The average molecular weight is 254 g/mol. The molecule has 0 aromatic rings. The molecule has 1 amide bonds. The highest BCUT2D eigenvalue weighted by Gasteiger charge is 2.48. The van der Waals surface area contributed by atoms with Crippen LogP contribution in [-0.4, -0.2) is 37.7 Å². The van der Waals surface area contributed by atoms with Gasteiger partial charge in [0.25, 0.3) is 0 Å². The Morgan fingerprint density at radius 2 is 2.11 bits per heavy atom. The van der Waals surface area contributed by atoms with E-state index < -0.39 is 0 Å². The Labute approximate surface area is 110 Å². The lowest BCUT2D eigenvalue weighted by molar-refractivity contribution is -0.126. The maximum absolute atomic E-state index is 11.6. The number of hydrogen-bond acceptors (Lipinski definition) is 3. The van der Waals surface area contributed by atoms with E-state index in [1.165, 1.54) is 12.8 Å². The number of carbonyl (C=O) groups is 1. The van der Waals surface area contributed by atoms with Gasteiger partial charge < -0.3 is 15.4 Å². The maximum Gasteiger partial charge on any atom is 0.233 e. The SMILES string of the molecule is CCOC1CC(NCC(=O)NCC2CC2)C1(C)C. The van der Waals surface area contributed by atoms with E-state index in [1.807, 2.05) is 6.92 Å². The van der Waals surface area contributed by atoms with Gasteiger partial charge in [-0.1, -0.05) is 13.8 Å². The summed E-state index contributed by atoms with van der Waals surface area (Å²) in [6.07, 6.45) is 3.89. The molecule has 2 aliphatic rings. The molecule has 0 radical (unpaired) electrons. The van der Waals surface area contributed by atoms with Gasteiger partial charge in [-0.15, -0.1) is 0 Å². The first-order valence-electron chi connectivity index (χ1n) is 7.15. The minimum Gasteiger partial charge on any atom is -0.378 e. The van der Waals surface area contributed by atoms with Gasteiger partial charge in [0.15, 0.2) is 0 Å². The van der Waals surface area contributed by atoms with E-state index in [1.54, 1.807) is 0 Å². The Morgan fingerprint density at radius 3 is 2.67 bits per heavy atom. The van der Waals surface area contributed by atoms with Crippen molar-refractivity contribution in [2.45, 2.75) is 52.2 Å². The molecule has 0 aromatic heterocycles. The second-order valence-electron chi connectivity index (χ2n) is 6.18. The summed E-state index contributed by atoms with van der Waals surface area (Å²) in [6.45, 7) is 8.49. The maximum atomic E-state index is 11.6. The predicted molar refractivity (Wildman–Crippen MR) is 71.3 cm³/mol. The zero-order valence-electron chi connectivity index (χ0n) is 11.8. The van der Waals surface area contributed by atoms with Crippen LogP contribution in [0.5, 0.6) is 0 Å². The number of rotatable bonds is 7. The largest absolute Gasteiger partial charge is 0.378 e. The third-order valence-corrected chi connectivity index (χ3v) is 4.34.